The van der Waals surface area contributed by atoms with Gasteiger partial charge in [-0.15, -0.1) is 0 Å². The molecule has 2 aliphatic rings. The SMILES string of the molecule is COC(=O)n1c2c(c3cc(OC)ccc31)CCN1C(=O)CC[C@]1(C/C=N/NS(=O)(=O)c1ccc(C)cc1)/C=C\2. The molecule has 1 amide bonds. The number of hydrogen-bond donors (Lipinski definition) is 1. The molecule has 11 heteroatoms. The van der Waals surface area contributed by atoms with E-state index in [-0.39, 0.29) is 10.8 Å². The molecule has 2 aliphatic heterocycles. The van der Waals surface area contributed by atoms with Gasteiger partial charge in [0, 0.05) is 31.0 Å². The number of carbonyl (C=O) groups excluding carboxylic acids is 2. The van der Waals surface area contributed by atoms with E-state index in [4.69, 9.17) is 9.47 Å². The number of hydrogen-bond acceptors (Lipinski definition) is 7. The number of methoxy groups -OCH3 is 2. The number of amides is 1. The minimum Gasteiger partial charge on any atom is -0.497 e. The first-order valence-electron chi connectivity index (χ1n) is 12.6. The minimum atomic E-state index is -3.82. The quantitative estimate of drug-likeness (QED) is 0.368. The van der Waals surface area contributed by atoms with E-state index in [2.05, 4.69) is 9.93 Å². The van der Waals surface area contributed by atoms with E-state index in [0.717, 1.165) is 16.5 Å². The Morgan fingerprint density at radius 2 is 1.92 bits per heavy atom. The highest BCUT2D eigenvalue weighted by Gasteiger charge is 2.43. The fraction of sp³-hybridized carbons (Fsp3) is 0.321. The van der Waals surface area contributed by atoms with E-state index in [1.165, 1.54) is 30.0 Å². The van der Waals surface area contributed by atoms with E-state index in [1.807, 2.05) is 36.1 Å². The smallest absolute Gasteiger partial charge is 0.418 e. The Morgan fingerprint density at radius 1 is 1.15 bits per heavy atom. The third kappa shape index (κ3) is 4.78. The number of rotatable bonds is 6. The molecule has 2 aromatic carbocycles. The maximum absolute atomic E-state index is 13.0. The molecule has 10 nitrogen and oxygen atoms in total. The van der Waals surface area contributed by atoms with Gasteiger partial charge in [0.25, 0.3) is 10.0 Å². The number of sulfonamides is 1. The van der Waals surface area contributed by atoms with Crippen LogP contribution in [0.2, 0.25) is 0 Å². The Labute approximate surface area is 226 Å². The van der Waals surface area contributed by atoms with Crippen LogP contribution in [0.1, 0.15) is 36.1 Å². The number of hydrazone groups is 1. The number of fused-ring (bicyclic) bond motifs is 4. The van der Waals surface area contributed by atoms with Crippen molar-refractivity contribution in [2.75, 3.05) is 20.8 Å². The summed E-state index contributed by atoms with van der Waals surface area (Å²) in [4.78, 5) is 30.0. The number of nitrogens with zero attached hydrogens (tertiary/aromatic N) is 3. The van der Waals surface area contributed by atoms with Crippen molar-refractivity contribution < 1.29 is 27.5 Å². The number of nitrogens with one attached hydrogen (secondary N) is 1. The van der Waals surface area contributed by atoms with Crippen molar-refractivity contribution >= 4 is 45.2 Å². The van der Waals surface area contributed by atoms with Crippen LogP contribution in [0.4, 0.5) is 4.79 Å². The summed E-state index contributed by atoms with van der Waals surface area (Å²) in [5.74, 6) is 0.681. The second-order valence-electron chi connectivity index (χ2n) is 9.71. The third-order valence-corrected chi connectivity index (χ3v) is 8.70. The van der Waals surface area contributed by atoms with E-state index in [9.17, 15) is 18.0 Å². The van der Waals surface area contributed by atoms with Crippen molar-refractivity contribution in [1.29, 1.82) is 0 Å². The predicted octanol–water partition coefficient (Wildman–Crippen LogP) is 3.86. The first kappa shape index (κ1) is 26.5. The highest BCUT2D eigenvalue weighted by Crippen LogP contribution is 2.39. The van der Waals surface area contributed by atoms with Gasteiger partial charge in [-0.2, -0.15) is 13.5 Å². The molecule has 1 atom stereocenters. The summed E-state index contributed by atoms with van der Waals surface area (Å²) in [7, 11) is -0.896. The standard InChI is InChI=1S/C28H30N4O6S/c1-19-4-7-21(8-5-19)39(35,36)30-29-16-15-28-13-10-25-22(12-17-31(28)26(33)11-14-28)23-18-20(37-2)6-9-24(23)32(25)27(34)38-3/h4-10,13,16,18,30H,11-12,14-15,17H2,1-3H3/b13-10-,29-16+/t28-/m0/s1. The fourth-order valence-corrected chi connectivity index (χ4v) is 6.20. The normalized spacial score (nSPS) is 19.9. The number of ether oxygens (including phenoxy) is 2. The monoisotopic (exact) mass is 550 g/mol. The molecule has 204 valence electrons. The lowest BCUT2D eigenvalue weighted by Gasteiger charge is -2.36. The van der Waals surface area contributed by atoms with E-state index >= 15 is 0 Å². The molecule has 0 spiro atoms. The molecule has 1 fully saturated rings. The van der Waals surface area contributed by atoms with Crippen molar-refractivity contribution in [3.63, 3.8) is 0 Å². The van der Waals surface area contributed by atoms with Crippen LogP contribution < -0.4 is 9.57 Å². The van der Waals surface area contributed by atoms with Crippen LogP contribution in [0.5, 0.6) is 5.75 Å². The molecule has 3 aromatic rings. The number of carbonyl (C=O) groups is 2. The molecule has 1 saturated heterocycles. The zero-order valence-electron chi connectivity index (χ0n) is 22.0. The van der Waals surface area contributed by atoms with E-state index in [0.29, 0.717) is 49.2 Å². The second-order valence-corrected chi connectivity index (χ2v) is 11.4. The van der Waals surface area contributed by atoms with Crippen LogP contribution in [0, 0.1) is 6.92 Å². The summed E-state index contributed by atoms with van der Waals surface area (Å²) < 4.78 is 37.3. The highest BCUT2D eigenvalue weighted by molar-refractivity contribution is 7.89. The summed E-state index contributed by atoms with van der Waals surface area (Å²) in [6.45, 7) is 2.31. The molecule has 3 heterocycles. The van der Waals surface area contributed by atoms with Crippen LogP contribution in [0.25, 0.3) is 17.0 Å². The molecule has 39 heavy (non-hydrogen) atoms. The number of aryl methyl sites for hydroxylation is 1. The van der Waals surface area contributed by atoms with Gasteiger partial charge in [0.15, 0.2) is 0 Å². The Kier molecular flexibility index (Phi) is 6.94. The first-order chi connectivity index (χ1) is 18.7. The second kappa shape index (κ2) is 10.2. The van der Waals surface area contributed by atoms with Crippen molar-refractivity contribution in [3.8, 4) is 5.75 Å². The molecule has 0 unspecified atom stereocenters. The Morgan fingerprint density at radius 3 is 2.64 bits per heavy atom. The Bertz CT molecular complexity index is 1610. The van der Waals surface area contributed by atoms with Crippen LogP contribution in [-0.2, 0) is 26.0 Å². The van der Waals surface area contributed by atoms with Gasteiger partial charge in [-0.05, 0) is 61.7 Å². The summed E-state index contributed by atoms with van der Waals surface area (Å²) in [5, 5.41) is 4.85. The third-order valence-electron chi connectivity index (χ3n) is 7.46. The van der Waals surface area contributed by atoms with Gasteiger partial charge in [-0.25, -0.2) is 14.2 Å². The zero-order valence-corrected chi connectivity index (χ0v) is 22.8. The molecule has 1 N–H and O–H groups in total. The van der Waals surface area contributed by atoms with Gasteiger partial charge in [-0.3, -0.25) is 4.79 Å². The van der Waals surface area contributed by atoms with Crippen molar-refractivity contribution in [3.05, 3.63) is 65.4 Å². The van der Waals surface area contributed by atoms with Gasteiger partial charge >= 0.3 is 6.09 Å². The number of benzene rings is 2. The molecule has 1 aromatic heterocycles. The molecule has 5 rings (SSSR count). The lowest BCUT2D eigenvalue weighted by atomic mass is 9.89. The molecular weight excluding hydrogens is 520 g/mol. The topological polar surface area (TPSA) is 119 Å². The van der Waals surface area contributed by atoms with Gasteiger partial charge in [0.05, 0.1) is 35.9 Å². The predicted molar refractivity (Wildman–Crippen MR) is 147 cm³/mol. The lowest BCUT2D eigenvalue weighted by Crippen LogP contribution is -2.46. The van der Waals surface area contributed by atoms with Crippen LogP contribution in [0.15, 0.2) is 58.5 Å². The van der Waals surface area contributed by atoms with Crippen molar-refractivity contribution in [2.24, 2.45) is 5.10 Å². The van der Waals surface area contributed by atoms with Crippen LogP contribution in [0.3, 0.4) is 0 Å². The van der Waals surface area contributed by atoms with Gasteiger partial charge in [-0.1, -0.05) is 23.8 Å². The first-order valence-corrected chi connectivity index (χ1v) is 14.1. The summed E-state index contributed by atoms with van der Waals surface area (Å²) >= 11 is 0. The Balaban J connectivity index is 1.49. The maximum Gasteiger partial charge on any atom is 0.418 e. The molecule has 0 radical (unpaired) electrons. The largest absolute Gasteiger partial charge is 0.497 e. The van der Waals surface area contributed by atoms with E-state index < -0.39 is 21.7 Å². The zero-order chi connectivity index (χ0) is 27.8. The molecule has 0 saturated carbocycles. The maximum atomic E-state index is 13.0. The van der Waals surface area contributed by atoms with Gasteiger partial charge < -0.3 is 14.4 Å². The van der Waals surface area contributed by atoms with Crippen LogP contribution >= 0.6 is 0 Å². The fourth-order valence-electron chi connectivity index (χ4n) is 5.39. The van der Waals surface area contributed by atoms with E-state index in [1.54, 1.807) is 25.3 Å². The summed E-state index contributed by atoms with van der Waals surface area (Å²) in [5.41, 5.74) is 2.53. The average molecular weight is 551 g/mol. The molecular formula is C28H30N4O6S. The number of aromatic nitrogens is 1. The lowest BCUT2D eigenvalue weighted by molar-refractivity contribution is -0.130. The van der Waals surface area contributed by atoms with Gasteiger partial charge in [0.2, 0.25) is 5.91 Å². The van der Waals surface area contributed by atoms with Crippen molar-refractivity contribution in [2.45, 2.75) is 43.0 Å². The van der Waals surface area contributed by atoms with Crippen molar-refractivity contribution in [1.82, 2.24) is 14.3 Å². The Hall–Kier alpha value is -4.12. The average Bonchev–Trinajstić information content (AvgIpc) is 3.39. The summed E-state index contributed by atoms with van der Waals surface area (Å²) in [6.07, 6.45) is 6.47. The van der Waals surface area contributed by atoms with Crippen LogP contribution in [-0.4, -0.2) is 62.4 Å². The summed E-state index contributed by atoms with van der Waals surface area (Å²) in [6, 6.07) is 12.0. The molecule has 0 bridgehead atoms. The minimum absolute atomic E-state index is 0.0195. The van der Waals surface area contributed by atoms with Gasteiger partial charge in [0.1, 0.15) is 5.75 Å². The molecule has 0 aliphatic carbocycles. The highest BCUT2D eigenvalue weighted by atomic mass is 32.2.